The summed E-state index contributed by atoms with van der Waals surface area (Å²) in [6.07, 6.45) is 0.609. The summed E-state index contributed by atoms with van der Waals surface area (Å²) >= 11 is 0. The van der Waals surface area contributed by atoms with Gasteiger partial charge in [-0.2, -0.15) is 0 Å². The fourth-order valence-electron chi connectivity index (χ4n) is 1.84. The maximum absolute atomic E-state index is 9.79. The van der Waals surface area contributed by atoms with Crippen molar-refractivity contribution in [3.05, 3.63) is 12.7 Å². The van der Waals surface area contributed by atoms with Crippen molar-refractivity contribution >= 4 is 0 Å². The van der Waals surface area contributed by atoms with E-state index in [0.717, 1.165) is 19.3 Å². The van der Waals surface area contributed by atoms with Crippen molar-refractivity contribution in [2.45, 2.75) is 49.9 Å². The van der Waals surface area contributed by atoms with E-state index in [1.807, 2.05) is 6.08 Å². The SMILES string of the molecule is C=CCCCCO[C@@H]1O[C@H](CO)[C@H](O)[C@H](N)[C@H]1O. The normalized spacial score (nSPS) is 36.6. The Bertz CT molecular complexity index is 249. The number of allylic oxidation sites excluding steroid dienone is 1. The van der Waals surface area contributed by atoms with E-state index in [-0.39, 0.29) is 6.61 Å². The smallest absolute Gasteiger partial charge is 0.185 e. The molecule has 18 heavy (non-hydrogen) atoms. The fourth-order valence-corrected chi connectivity index (χ4v) is 1.84. The largest absolute Gasteiger partial charge is 0.394 e. The van der Waals surface area contributed by atoms with Crippen molar-refractivity contribution in [1.29, 1.82) is 0 Å². The lowest BCUT2D eigenvalue weighted by molar-refractivity contribution is -0.276. The molecule has 0 aromatic heterocycles. The van der Waals surface area contributed by atoms with Gasteiger partial charge in [0.1, 0.15) is 18.3 Å². The molecule has 0 amide bonds. The molecule has 1 aliphatic heterocycles. The van der Waals surface area contributed by atoms with Crippen molar-refractivity contribution in [2.75, 3.05) is 13.2 Å². The minimum atomic E-state index is -1.10. The van der Waals surface area contributed by atoms with E-state index in [2.05, 4.69) is 6.58 Å². The fraction of sp³-hybridized carbons (Fsp3) is 0.833. The highest BCUT2D eigenvalue weighted by Crippen LogP contribution is 2.20. The molecule has 5 N–H and O–H groups in total. The second-order valence-electron chi connectivity index (χ2n) is 4.44. The number of aliphatic hydroxyl groups excluding tert-OH is 3. The van der Waals surface area contributed by atoms with Gasteiger partial charge in [0.2, 0.25) is 0 Å². The van der Waals surface area contributed by atoms with Crippen LogP contribution >= 0.6 is 0 Å². The van der Waals surface area contributed by atoms with Crippen LogP contribution in [0.15, 0.2) is 12.7 Å². The number of aliphatic hydroxyl groups is 3. The zero-order valence-electron chi connectivity index (χ0n) is 10.4. The van der Waals surface area contributed by atoms with Crippen molar-refractivity contribution in [1.82, 2.24) is 0 Å². The molecule has 1 fully saturated rings. The molecule has 5 atom stereocenters. The highest BCUT2D eigenvalue weighted by molar-refractivity contribution is 4.91. The van der Waals surface area contributed by atoms with Gasteiger partial charge in [0, 0.05) is 6.61 Å². The lowest BCUT2D eigenvalue weighted by atomic mass is 9.97. The Hall–Kier alpha value is -0.500. The van der Waals surface area contributed by atoms with Crippen LogP contribution in [-0.2, 0) is 9.47 Å². The average molecular weight is 261 g/mol. The predicted molar refractivity (Wildman–Crippen MR) is 65.7 cm³/mol. The van der Waals surface area contributed by atoms with Gasteiger partial charge in [0.15, 0.2) is 6.29 Å². The first-order chi connectivity index (χ1) is 8.61. The summed E-state index contributed by atoms with van der Waals surface area (Å²) in [6.45, 7) is 3.69. The summed E-state index contributed by atoms with van der Waals surface area (Å²) < 4.78 is 10.6. The number of ether oxygens (including phenoxy) is 2. The lowest BCUT2D eigenvalue weighted by Gasteiger charge is -2.40. The van der Waals surface area contributed by atoms with Gasteiger partial charge in [-0.3, -0.25) is 0 Å². The number of unbranched alkanes of at least 4 members (excludes halogenated alkanes) is 2. The average Bonchev–Trinajstić information content (AvgIpc) is 2.38. The summed E-state index contributed by atoms with van der Waals surface area (Å²) in [5.74, 6) is 0. The summed E-state index contributed by atoms with van der Waals surface area (Å²) in [6, 6.07) is -0.880. The third-order valence-corrected chi connectivity index (χ3v) is 3.02. The van der Waals surface area contributed by atoms with E-state index in [9.17, 15) is 10.2 Å². The van der Waals surface area contributed by atoms with Crippen LogP contribution in [0.1, 0.15) is 19.3 Å². The van der Waals surface area contributed by atoms with E-state index < -0.39 is 30.6 Å². The summed E-state index contributed by atoms with van der Waals surface area (Å²) in [7, 11) is 0. The molecule has 0 bridgehead atoms. The van der Waals surface area contributed by atoms with E-state index in [1.54, 1.807) is 0 Å². The van der Waals surface area contributed by atoms with Crippen molar-refractivity contribution in [3.63, 3.8) is 0 Å². The molecule has 0 aromatic carbocycles. The molecule has 0 saturated carbocycles. The molecule has 0 spiro atoms. The van der Waals surface area contributed by atoms with Crippen molar-refractivity contribution < 1.29 is 24.8 Å². The second-order valence-corrected chi connectivity index (χ2v) is 4.44. The number of rotatable bonds is 7. The molecular formula is C12H23NO5. The lowest BCUT2D eigenvalue weighted by Crippen LogP contribution is -2.62. The quantitative estimate of drug-likeness (QED) is 0.350. The van der Waals surface area contributed by atoms with Gasteiger partial charge >= 0.3 is 0 Å². The van der Waals surface area contributed by atoms with Crippen LogP contribution in [0.25, 0.3) is 0 Å². The molecule has 1 saturated heterocycles. The topological polar surface area (TPSA) is 105 Å². The van der Waals surface area contributed by atoms with Gasteiger partial charge in [-0.25, -0.2) is 0 Å². The van der Waals surface area contributed by atoms with Crippen LogP contribution in [0.4, 0.5) is 0 Å². The first kappa shape index (κ1) is 15.6. The van der Waals surface area contributed by atoms with Crippen molar-refractivity contribution in [3.8, 4) is 0 Å². The Morgan fingerprint density at radius 2 is 2.00 bits per heavy atom. The third kappa shape index (κ3) is 4.01. The highest BCUT2D eigenvalue weighted by atomic mass is 16.7. The van der Waals surface area contributed by atoms with Gasteiger partial charge < -0.3 is 30.5 Å². The van der Waals surface area contributed by atoms with Crippen LogP contribution in [0.5, 0.6) is 0 Å². The number of hydrogen-bond donors (Lipinski definition) is 4. The first-order valence-corrected chi connectivity index (χ1v) is 6.22. The maximum atomic E-state index is 9.79. The van der Waals surface area contributed by atoms with Gasteiger partial charge in [-0.05, 0) is 19.3 Å². The molecule has 1 rings (SSSR count). The minimum absolute atomic E-state index is 0.363. The molecule has 0 aliphatic carbocycles. The van der Waals surface area contributed by atoms with Crippen LogP contribution < -0.4 is 5.73 Å². The van der Waals surface area contributed by atoms with Gasteiger partial charge in [0.05, 0.1) is 12.6 Å². The molecule has 6 heteroatoms. The van der Waals surface area contributed by atoms with Gasteiger partial charge in [0.25, 0.3) is 0 Å². The zero-order chi connectivity index (χ0) is 13.5. The van der Waals surface area contributed by atoms with Crippen LogP contribution in [0.3, 0.4) is 0 Å². The Kier molecular flexibility index (Phi) is 6.77. The Morgan fingerprint density at radius 3 is 2.61 bits per heavy atom. The number of hydrogen-bond acceptors (Lipinski definition) is 6. The third-order valence-electron chi connectivity index (χ3n) is 3.02. The van der Waals surface area contributed by atoms with E-state index in [0.29, 0.717) is 6.61 Å². The summed E-state index contributed by atoms with van der Waals surface area (Å²) in [5, 5.41) is 28.5. The van der Waals surface area contributed by atoms with E-state index >= 15 is 0 Å². The predicted octanol–water partition coefficient (Wildman–Crippen LogP) is -0.874. The molecule has 1 heterocycles. The highest BCUT2D eigenvalue weighted by Gasteiger charge is 2.42. The summed E-state index contributed by atoms with van der Waals surface area (Å²) in [5.41, 5.74) is 5.65. The second kappa shape index (κ2) is 7.83. The molecule has 0 aromatic rings. The minimum Gasteiger partial charge on any atom is -0.394 e. The van der Waals surface area contributed by atoms with Gasteiger partial charge in [-0.15, -0.1) is 6.58 Å². The van der Waals surface area contributed by atoms with Crippen LogP contribution in [0, 0.1) is 0 Å². The zero-order valence-corrected chi connectivity index (χ0v) is 10.4. The Labute approximate surface area is 107 Å². The number of nitrogens with two attached hydrogens (primary N) is 1. The van der Waals surface area contributed by atoms with Crippen LogP contribution in [-0.4, -0.2) is 59.2 Å². The van der Waals surface area contributed by atoms with Gasteiger partial charge in [-0.1, -0.05) is 6.08 Å². The molecular weight excluding hydrogens is 238 g/mol. The van der Waals surface area contributed by atoms with E-state index in [4.69, 9.17) is 20.3 Å². The van der Waals surface area contributed by atoms with Crippen molar-refractivity contribution in [2.24, 2.45) is 5.73 Å². The molecule has 1 aliphatic rings. The molecule has 106 valence electrons. The molecule has 6 nitrogen and oxygen atoms in total. The first-order valence-electron chi connectivity index (χ1n) is 6.22. The summed E-state index contributed by atoms with van der Waals surface area (Å²) in [4.78, 5) is 0. The monoisotopic (exact) mass is 261 g/mol. The van der Waals surface area contributed by atoms with E-state index in [1.165, 1.54) is 0 Å². The Balaban J connectivity index is 2.37. The molecule has 0 unspecified atom stereocenters. The molecule has 0 radical (unpaired) electrons. The Morgan fingerprint density at radius 1 is 1.28 bits per heavy atom. The van der Waals surface area contributed by atoms with Crippen LogP contribution in [0.2, 0.25) is 0 Å². The standard InChI is InChI=1S/C12H23NO5/c1-2-3-4-5-6-17-12-11(16)9(13)10(15)8(7-14)18-12/h2,8-12,14-16H,1,3-7,13H2/t8-,9+,10+,11-,12-/m1/s1. The maximum Gasteiger partial charge on any atom is 0.185 e.